The van der Waals surface area contributed by atoms with E-state index in [1.165, 1.54) is 6.20 Å². The maximum atomic E-state index is 11.9. The van der Waals surface area contributed by atoms with E-state index in [2.05, 4.69) is 20.2 Å². The zero-order chi connectivity index (χ0) is 14.1. The van der Waals surface area contributed by atoms with Crippen LogP contribution in [0.15, 0.2) is 23.4 Å². The number of hydrogen-bond acceptors (Lipinski definition) is 4. The summed E-state index contributed by atoms with van der Waals surface area (Å²) in [6, 6.07) is 0. The Balaban J connectivity index is 1.98. The lowest BCUT2D eigenvalue weighted by molar-refractivity contribution is 0.660. The largest absolute Gasteiger partial charge is 0.306 e. The van der Waals surface area contributed by atoms with Crippen molar-refractivity contribution in [1.82, 2.24) is 29.5 Å². The highest BCUT2D eigenvalue weighted by atomic mass is 16.1. The highest BCUT2D eigenvalue weighted by molar-refractivity contribution is 5.75. The summed E-state index contributed by atoms with van der Waals surface area (Å²) in [7, 11) is 1.76. The van der Waals surface area contributed by atoms with Crippen LogP contribution in [0.4, 0.5) is 0 Å². The summed E-state index contributed by atoms with van der Waals surface area (Å²) >= 11 is 0. The van der Waals surface area contributed by atoms with E-state index in [1.54, 1.807) is 24.0 Å². The summed E-state index contributed by atoms with van der Waals surface area (Å²) in [5.41, 5.74) is 1.34. The van der Waals surface area contributed by atoms with Crippen LogP contribution in [0.25, 0.3) is 23.2 Å². The molecule has 0 spiro atoms. The van der Waals surface area contributed by atoms with E-state index in [1.807, 2.05) is 23.9 Å². The van der Waals surface area contributed by atoms with Crippen LogP contribution in [0.3, 0.4) is 0 Å². The average Bonchev–Trinajstić information content (AvgIpc) is 3.04. The molecule has 3 aromatic rings. The predicted molar refractivity (Wildman–Crippen MR) is 76.0 cm³/mol. The molecule has 3 aromatic heterocycles. The molecule has 0 atom stereocenters. The summed E-state index contributed by atoms with van der Waals surface area (Å²) in [6.45, 7) is 2.85. The third kappa shape index (κ3) is 2.13. The first kappa shape index (κ1) is 12.3. The van der Waals surface area contributed by atoms with Crippen molar-refractivity contribution in [3.63, 3.8) is 0 Å². The molecule has 1 N–H and O–H groups in total. The molecule has 0 amide bonds. The molecule has 0 saturated heterocycles. The van der Waals surface area contributed by atoms with Gasteiger partial charge in [-0.1, -0.05) is 0 Å². The number of hydrogen-bond donors (Lipinski definition) is 1. The van der Waals surface area contributed by atoms with Crippen LogP contribution in [0.1, 0.15) is 18.3 Å². The monoisotopic (exact) mass is 270 g/mol. The molecule has 7 nitrogen and oxygen atoms in total. The molecule has 102 valence electrons. The predicted octanol–water partition coefficient (Wildman–Crippen LogP) is 1.04. The molecule has 7 heteroatoms. The van der Waals surface area contributed by atoms with Crippen molar-refractivity contribution in [2.45, 2.75) is 13.5 Å². The number of aromatic nitrogens is 6. The standard InChI is InChI=1S/C13H14N6O/c1-3-19-8-9(6-15-19)4-5-11-16-12-10(13(20)17-11)7-14-18(12)2/h4-8H,3H2,1-2H3,(H,16,17,20). The Morgan fingerprint density at radius 3 is 2.90 bits per heavy atom. The normalized spacial score (nSPS) is 11.7. The molecular weight excluding hydrogens is 256 g/mol. The van der Waals surface area contributed by atoms with Crippen molar-refractivity contribution in [1.29, 1.82) is 0 Å². The first-order valence-corrected chi connectivity index (χ1v) is 6.30. The molecule has 0 unspecified atom stereocenters. The number of H-pyrrole nitrogens is 1. The molecule has 3 rings (SSSR count). The third-order valence-corrected chi connectivity index (χ3v) is 3.03. The number of nitrogens with zero attached hydrogens (tertiary/aromatic N) is 5. The van der Waals surface area contributed by atoms with Gasteiger partial charge in [-0.25, -0.2) is 4.98 Å². The first-order chi connectivity index (χ1) is 9.67. The van der Waals surface area contributed by atoms with Gasteiger partial charge in [-0.05, 0) is 19.1 Å². The summed E-state index contributed by atoms with van der Waals surface area (Å²) in [4.78, 5) is 19.0. The second-order valence-electron chi connectivity index (χ2n) is 4.42. The average molecular weight is 270 g/mol. The zero-order valence-corrected chi connectivity index (χ0v) is 11.2. The Hall–Kier alpha value is -2.70. The van der Waals surface area contributed by atoms with Gasteiger partial charge in [0.1, 0.15) is 11.2 Å². The topological polar surface area (TPSA) is 81.4 Å². The molecule has 0 aliphatic rings. The SMILES string of the molecule is CCn1cc(C=Cc2nc3c(cnn3C)c(=O)[nH]2)cn1. The highest BCUT2D eigenvalue weighted by Crippen LogP contribution is 2.07. The van der Waals surface area contributed by atoms with Crippen molar-refractivity contribution in [2.24, 2.45) is 7.05 Å². The summed E-state index contributed by atoms with van der Waals surface area (Å²) < 4.78 is 3.41. The summed E-state index contributed by atoms with van der Waals surface area (Å²) in [5.74, 6) is 0.496. The van der Waals surface area contributed by atoms with E-state index in [4.69, 9.17) is 0 Å². The van der Waals surface area contributed by atoms with Crippen molar-refractivity contribution >= 4 is 23.2 Å². The quantitative estimate of drug-likeness (QED) is 0.771. The molecule has 0 radical (unpaired) electrons. The maximum absolute atomic E-state index is 11.9. The van der Waals surface area contributed by atoms with Gasteiger partial charge in [0.2, 0.25) is 0 Å². The number of fused-ring (bicyclic) bond motifs is 1. The molecule has 0 aliphatic carbocycles. The first-order valence-electron chi connectivity index (χ1n) is 6.30. The van der Waals surface area contributed by atoms with Gasteiger partial charge in [-0.2, -0.15) is 10.2 Å². The molecule has 0 aliphatic heterocycles. The lowest BCUT2D eigenvalue weighted by atomic mass is 10.3. The zero-order valence-electron chi connectivity index (χ0n) is 11.2. The fourth-order valence-corrected chi connectivity index (χ4v) is 1.94. The number of nitrogens with one attached hydrogen (secondary N) is 1. The maximum Gasteiger partial charge on any atom is 0.262 e. The van der Waals surface area contributed by atoms with Crippen LogP contribution >= 0.6 is 0 Å². The van der Waals surface area contributed by atoms with Gasteiger partial charge in [-0.15, -0.1) is 0 Å². The second kappa shape index (κ2) is 4.76. The summed E-state index contributed by atoms with van der Waals surface area (Å²) in [5, 5.41) is 8.70. The van der Waals surface area contributed by atoms with Crippen molar-refractivity contribution in [3.05, 3.63) is 40.3 Å². The van der Waals surface area contributed by atoms with Crippen LogP contribution in [0.2, 0.25) is 0 Å². The van der Waals surface area contributed by atoms with Gasteiger partial charge in [0, 0.05) is 25.4 Å². The molecule has 20 heavy (non-hydrogen) atoms. The Morgan fingerprint density at radius 1 is 1.30 bits per heavy atom. The van der Waals surface area contributed by atoms with Gasteiger partial charge in [-0.3, -0.25) is 14.2 Å². The van der Waals surface area contributed by atoms with Gasteiger partial charge in [0.05, 0.1) is 12.4 Å². The van der Waals surface area contributed by atoms with E-state index in [-0.39, 0.29) is 5.56 Å². The summed E-state index contributed by atoms with van der Waals surface area (Å²) in [6.07, 6.45) is 8.82. The molecule has 0 aromatic carbocycles. The number of aromatic amines is 1. The van der Waals surface area contributed by atoms with E-state index >= 15 is 0 Å². The van der Waals surface area contributed by atoms with Gasteiger partial charge >= 0.3 is 0 Å². The van der Waals surface area contributed by atoms with Crippen LogP contribution in [-0.4, -0.2) is 29.5 Å². The van der Waals surface area contributed by atoms with E-state index in [9.17, 15) is 4.79 Å². The minimum atomic E-state index is -0.188. The van der Waals surface area contributed by atoms with Gasteiger partial charge < -0.3 is 4.98 Å². The fourth-order valence-electron chi connectivity index (χ4n) is 1.94. The van der Waals surface area contributed by atoms with Crippen LogP contribution in [-0.2, 0) is 13.6 Å². The van der Waals surface area contributed by atoms with Crippen molar-refractivity contribution in [2.75, 3.05) is 0 Å². The van der Waals surface area contributed by atoms with Crippen LogP contribution < -0.4 is 5.56 Å². The Labute approximate surface area is 114 Å². The lowest BCUT2D eigenvalue weighted by Crippen LogP contribution is -2.09. The Bertz CT molecular complexity index is 838. The Morgan fingerprint density at radius 2 is 2.15 bits per heavy atom. The second-order valence-corrected chi connectivity index (χ2v) is 4.42. The molecule has 0 saturated carbocycles. The van der Waals surface area contributed by atoms with E-state index in [0.29, 0.717) is 16.9 Å². The minimum Gasteiger partial charge on any atom is -0.306 e. The molecular formula is C13H14N6O. The highest BCUT2D eigenvalue weighted by Gasteiger charge is 2.06. The van der Waals surface area contributed by atoms with E-state index < -0.39 is 0 Å². The van der Waals surface area contributed by atoms with Crippen molar-refractivity contribution in [3.8, 4) is 0 Å². The van der Waals surface area contributed by atoms with Crippen LogP contribution in [0.5, 0.6) is 0 Å². The smallest absolute Gasteiger partial charge is 0.262 e. The molecule has 0 bridgehead atoms. The lowest BCUT2D eigenvalue weighted by Gasteiger charge is -1.96. The van der Waals surface area contributed by atoms with Crippen molar-refractivity contribution < 1.29 is 0 Å². The van der Waals surface area contributed by atoms with Gasteiger partial charge in [0.25, 0.3) is 5.56 Å². The minimum absolute atomic E-state index is 0.188. The fraction of sp³-hybridized carbons (Fsp3) is 0.231. The molecule has 0 fully saturated rings. The molecule has 3 heterocycles. The van der Waals surface area contributed by atoms with E-state index in [0.717, 1.165) is 12.1 Å². The van der Waals surface area contributed by atoms with Gasteiger partial charge in [0.15, 0.2) is 5.65 Å². The van der Waals surface area contributed by atoms with Crippen LogP contribution in [0, 0.1) is 0 Å². The Kier molecular flexibility index (Phi) is 2.94. The number of rotatable bonds is 3. The third-order valence-electron chi connectivity index (χ3n) is 3.03. The number of aryl methyl sites for hydroxylation is 2.